The molecule has 234 valence electrons. The topological polar surface area (TPSA) is 65.2 Å². The van der Waals surface area contributed by atoms with Crippen LogP contribution in [0.25, 0.3) is 5.69 Å². The molecule has 2 aromatic heterocycles. The van der Waals surface area contributed by atoms with Gasteiger partial charge in [-0.2, -0.15) is 18.3 Å². The summed E-state index contributed by atoms with van der Waals surface area (Å²) in [5.41, 5.74) is -2.17. The van der Waals surface area contributed by atoms with Crippen LogP contribution in [0.2, 0.25) is 0 Å². The van der Waals surface area contributed by atoms with E-state index in [4.69, 9.17) is 4.74 Å². The van der Waals surface area contributed by atoms with Gasteiger partial charge in [-0.3, -0.25) is 9.36 Å². The number of imidazole rings is 1. The number of para-hydroxylation sites is 1. The van der Waals surface area contributed by atoms with Gasteiger partial charge < -0.3 is 9.64 Å². The van der Waals surface area contributed by atoms with Crippen molar-refractivity contribution < 1.29 is 40.3 Å². The highest BCUT2D eigenvalue weighted by Gasteiger charge is 2.40. The fourth-order valence-corrected chi connectivity index (χ4v) is 5.42. The zero-order valence-corrected chi connectivity index (χ0v) is 24.3. The zero-order chi connectivity index (χ0) is 32.5. The average Bonchev–Trinajstić information content (AvgIpc) is 3.56. The minimum Gasteiger partial charge on any atom is -0.439 e. The third-order valence-corrected chi connectivity index (χ3v) is 7.55. The van der Waals surface area contributed by atoms with E-state index in [0.29, 0.717) is 6.07 Å². The van der Waals surface area contributed by atoms with Crippen LogP contribution in [0.5, 0.6) is 11.6 Å². The lowest BCUT2D eigenvalue weighted by atomic mass is 10.2. The van der Waals surface area contributed by atoms with Crippen molar-refractivity contribution in [2.75, 3.05) is 7.05 Å². The number of nitrogens with zero attached hydrogens (tertiary/aromatic N) is 5. The molecule has 0 bridgehead atoms. The standard InChI is InChI=1S/C30H22F7N5O2S/c1-40(15-20-26(30(35,36)37)39-41(2)28(20)44-19-6-4-3-5-7-19)27(43)24-14-38-29(42(24)18-10-8-17(31)9-11-18)45-16-21-22(32)12-13-23(33)25(21)34/h3-14H,15-16H2,1-2H3. The molecule has 0 saturated heterocycles. The van der Waals surface area contributed by atoms with E-state index in [0.717, 1.165) is 45.7 Å². The monoisotopic (exact) mass is 649 g/mol. The van der Waals surface area contributed by atoms with Gasteiger partial charge in [0.1, 0.15) is 23.1 Å². The minimum atomic E-state index is -4.88. The van der Waals surface area contributed by atoms with E-state index in [1.807, 2.05) is 0 Å². The first-order chi connectivity index (χ1) is 21.3. The van der Waals surface area contributed by atoms with Gasteiger partial charge in [0.2, 0.25) is 5.88 Å². The number of thioether (sulfide) groups is 1. The third-order valence-electron chi connectivity index (χ3n) is 6.57. The molecule has 0 aliphatic rings. The number of hydrogen-bond donors (Lipinski definition) is 0. The number of aryl methyl sites for hydroxylation is 1. The molecule has 0 atom stereocenters. The molecule has 5 rings (SSSR count). The van der Waals surface area contributed by atoms with Crippen LogP contribution in [0.15, 0.2) is 78.1 Å². The molecule has 5 aromatic rings. The second-order valence-corrected chi connectivity index (χ2v) is 10.6. The van der Waals surface area contributed by atoms with Gasteiger partial charge in [0, 0.05) is 31.1 Å². The van der Waals surface area contributed by atoms with Gasteiger partial charge in [0.25, 0.3) is 5.91 Å². The van der Waals surface area contributed by atoms with E-state index in [9.17, 15) is 35.5 Å². The quantitative estimate of drug-likeness (QED) is 0.0939. The molecule has 2 heterocycles. The Morgan fingerprint density at radius 2 is 1.60 bits per heavy atom. The molecule has 45 heavy (non-hydrogen) atoms. The van der Waals surface area contributed by atoms with Gasteiger partial charge in [-0.15, -0.1) is 0 Å². The number of carbonyl (C=O) groups excluding carboxylic acids is 1. The Hall–Kier alpha value is -4.79. The number of rotatable bonds is 9. The molecule has 0 radical (unpaired) electrons. The van der Waals surface area contributed by atoms with Gasteiger partial charge >= 0.3 is 6.18 Å². The van der Waals surface area contributed by atoms with Crippen molar-refractivity contribution in [2.24, 2.45) is 7.05 Å². The van der Waals surface area contributed by atoms with Gasteiger partial charge in [-0.25, -0.2) is 27.2 Å². The molecule has 0 unspecified atom stereocenters. The number of amides is 1. The van der Waals surface area contributed by atoms with Gasteiger partial charge in [0.15, 0.2) is 22.5 Å². The minimum absolute atomic E-state index is 0.0203. The largest absolute Gasteiger partial charge is 0.439 e. The van der Waals surface area contributed by atoms with Crippen molar-refractivity contribution in [3.63, 3.8) is 0 Å². The van der Waals surface area contributed by atoms with Crippen molar-refractivity contribution in [3.8, 4) is 17.3 Å². The van der Waals surface area contributed by atoms with Crippen molar-refractivity contribution in [3.05, 3.63) is 119 Å². The van der Waals surface area contributed by atoms with E-state index in [1.54, 1.807) is 30.3 Å². The number of halogens is 7. The van der Waals surface area contributed by atoms with Crippen LogP contribution in [0.4, 0.5) is 30.7 Å². The maximum absolute atomic E-state index is 14.3. The molecule has 0 N–H and O–H groups in total. The van der Waals surface area contributed by atoms with Gasteiger partial charge in [-0.1, -0.05) is 30.0 Å². The summed E-state index contributed by atoms with van der Waals surface area (Å²) in [6.07, 6.45) is -3.76. The lowest BCUT2D eigenvalue weighted by Gasteiger charge is -2.20. The lowest BCUT2D eigenvalue weighted by molar-refractivity contribution is -0.142. The molecule has 3 aromatic carbocycles. The average molecular weight is 650 g/mol. The number of alkyl halides is 3. The molecule has 0 saturated carbocycles. The van der Waals surface area contributed by atoms with Crippen molar-refractivity contribution in [2.45, 2.75) is 23.6 Å². The van der Waals surface area contributed by atoms with Crippen LogP contribution in [-0.4, -0.2) is 37.2 Å². The first-order valence-corrected chi connectivity index (χ1v) is 14.0. The Morgan fingerprint density at radius 1 is 0.933 bits per heavy atom. The molecule has 15 heteroatoms. The van der Waals surface area contributed by atoms with E-state index in [1.165, 1.54) is 30.8 Å². The van der Waals surface area contributed by atoms with Crippen LogP contribution in [0.1, 0.15) is 27.3 Å². The lowest BCUT2D eigenvalue weighted by Crippen LogP contribution is -2.29. The fourth-order valence-electron chi connectivity index (χ4n) is 4.42. The molecule has 0 aliphatic heterocycles. The SMILES string of the molecule is CN(Cc1c(C(F)(F)F)nn(C)c1Oc1ccccc1)C(=O)c1cnc(SCc2c(F)ccc(F)c2F)n1-c1ccc(F)cc1. The van der Waals surface area contributed by atoms with E-state index in [2.05, 4.69) is 10.1 Å². The van der Waals surface area contributed by atoms with Crippen molar-refractivity contribution in [1.82, 2.24) is 24.2 Å². The maximum Gasteiger partial charge on any atom is 0.435 e. The fraction of sp³-hybridized carbons (Fsp3) is 0.167. The Morgan fingerprint density at radius 3 is 2.27 bits per heavy atom. The smallest absolute Gasteiger partial charge is 0.435 e. The summed E-state index contributed by atoms with van der Waals surface area (Å²) < 4.78 is 106. The van der Waals surface area contributed by atoms with Crippen LogP contribution < -0.4 is 4.74 Å². The molecule has 0 aliphatic carbocycles. The first-order valence-electron chi connectivity index (χ1n) is 13.1. The summed E-state index contributed by atoms with van der Waals surface area (Å²) in [6.45, 7) is -0.597. The van der Waals surface area contributed by atoms with Crippen LogP contribution in [-0.2, 0) is 25.5 Å². The van der Waals surface area contributed by atoms with E-state index in [-0.39, 0.29) is 28.2 Å². The Bertz CT molecular complexity index is 1840. The molecular formula is C30H22F7N5O2S. The summed E-state index contributed by atoms with van der Waals surface area (Å²) >= 11 is 0.762. The number of hydrogen-bond acceptors (Lipinski definition) is 5. The highest BCUT2D eigenvalue weighted by atomic mass is 32.2. The van der Waals surface area contributed by atoms with Crippen LogP contribution in [0.3, 0.4) is 0 Å². The summed E-state index contributed by atoms with van der Waals surface area (Å²) in [4.78, 5) is 18.9. The number of aromatic nitrogens is 4. The Labute approximate surface area is 255 Å². The molecule has 7 nitrogen and oxygen atoms in total. The number of benzene rings is 3. The molecule has 1 amide bonds. The Kier molecular flexibility index (Phi) is 8.91. The number of carbonyl (C=O) groups is 1. The van der Waals surface area contributed by atoms with Crippen LogP contribution >= 0.6 is 11.8 Å². The van der Waals surface area contributed by atoms with Crippen molar-refractivity contribution in [1.29, 1.82) is 0 Å². The summed E-state index contributed by atoms with van der Waals surface area (Å²) in [7, 11) is 2.53. The summed E-state index contributed by atoms with van der Waals surface area (Å²) in [5.74, 6) is -5.46. The second-order valence-electron chi connectivity index (χ2n) is 9.68. The Balaban J connectivity index is 1.50. The normalized spacial score (nSPS) is 11.6. The van der Waals surface area contributed by atoms with E-state index >= 15 is 0 Å². The predicted molar refractivity (Wildman–Crippen MR) is 150 cm³/mol. The summed E-state index contributed by atoms with van der Waals surface area (Å²) in [5, 5.41) is 3.62. The maximum atomic E-state index is 14.3. The highest BCUT2D eigenvalue weighted by molar-refractivity contribution is 7.98. The highest BCUT2D eigenvalue weighted by Crippen LogP contribution is 2.38. The first kappa shape index (κ1) is 31.6. The summed E-state index contributed by atoms with van der Waals surface area (Å²) in [6, 6.07) is 14.3. The molecular weight excluding hydrogens is 627 g/mol. The molecule has 0 spiro atoms. The predicted octanol–water partition coefficient (Wildman–Crippen LogP) is 7.54. The second kappa shape index (κ2) is 12.7. The zero-order valence-electron chi connectivity index (χ0n) is 23.4. The van der Waals surface area contributed by atoms with Gasteiger partial charge in [-0.05, 0) is 48.5 Å². The molecule has 0 fully saturated rings. The van der Waals surface area contributed by atoms with Crippen molar-refractivity contribution >= 4 is 17.7 Å². The van der Waals surface area contributed by atoms with Gasteiger partial charge in [0.05, 0.1) is 18.3 Å². The van der Waals surface area contributed by atoms with Crippen LogP contribution in [0, 0.1) is 23.3 Å². The third kappa shape index (κ3) is 6.67. The van der Waals surface area contributed by atoms with E-state index < -0.39 is 64.5 Å². The number of ether oxygens (including phenoxy) is 1.